The van der Waals surface area contributed by atoms with Gasteiger partial charge in [0.2, 0.25) is 5.91 Å². The fraction of sp³-hybridized carbons (Fsp3) is 0.188. The third kappa shape index (κ3) is 7.38. The number of sulfonamides is 1. The summed E-state index contributed by atoms with van der Waals surface area (Å²) in [6.07, 6.45) is 5.32. The number of carbonyl (C=O) groups is 1. The molecule has 1 amide bonds. The molecule has 4 aromatic carbocycles. The molecule has 5 rings (SSSR count). The van der Waals surface area contributed by atoms with Crippen molar-refractivity contribution < 1.29 is 26.7 Å². The summed E-state index contributed by atoms with van der Waals surface area (Å²) in [5, 5.41) is 6.67. The van der Waals surface area contributed by atoms with Gasteiger partial charge in [0.25, 0.3) is 10.0 Å². The Morgan fingerprint density at radius 1 is 0.857 bits per heavy atom. The smallest absolute Gasteiger partial charge is 0.264 e. The van der Waals surface area contributed by atoms with Gasteiger partial charge in [0.05, 0.1) is 18.0 Å². The lowest BCUT2D eigenvalue weighted by Crippen LogP contribution is -2.30. The highest BCUT2D eigenvalue weighted by atomic mass is 32.2. The number of benzene rings is 4. The Kier molecular flexibility index (Phi) is 8.92. The molecule has 216 valence electrons. The maximum Gasteiger partial charge on any atom is 0.264 e. The Morgan fingerprint density at radius 2 is 1.64 bits per heavy atom. The molecule has 0 atom stereocenters. The summed E-state index contributed by atoms with van der Waals surface area (Å²) in [5.41, 5.74) is 2.93. The van der Waals surface area contributed by atoms with Crippen molar-refractivity contribution in [1.29, 1.82) is 0 Å². The number of fused-ring (bicyclic) bond motifs is 1. The zero-order valence-electron chi connectivity index (χ0n) is 22.7. The van der Waals surface area contributed by atoms with Crippen molar-refractivity contribution in [1.82, 2.24) is 14.5 Å². The van der Waals surface area contributed by atoms with Gasteiger partial charge in [-0.15, -0.1) is 0 Å². The minimum Gasteiger partial charge on any atom is -0.493 e. The van der Waals surface area contributed by atoms with Crippen molar-refractivity contribution >= 4 is 26.7 Å². The van der Waals surface area contributed by atoms with Gasteiger partial charge in [0.15, 0.2) is 11.6 Å². The average Bonchev–Trinajstić information content (AvgIpc) is 3.49. The molecule has 0 aliphatic heterocycles. The predicted molar refractivity (Wildman–Crippen MR) is 156 cm³/mol. The first kappa shape index (κ1) is 28.9. The van der Waals surface area contributed by atoms with E-state index in [1.54, 1.807) is 10.9 Å². The number of nitrogens with one attached hydrogen (secondary N) is 1. The van der Waals surface area contributed by atoms with Crippen LogP contribution in [0.5, 0.6) is 5.75 Å². The van der Waals surface area contributed by atoms with Crippen molar-refractivity contribution in [3.63, 3.8) is 0 Å². The van der Waals surface area contributed by atoms with Crippen LogP contribution >= 0.6 is 0 Å². The highest BCUT2D eigenvalue weighted by molar-refractivity contribution is 7.90. The van der Waals surface area contributed by atoms with Gasteiger partial charge in [-0.1, -0.05) is 54.6 Å². The van der Waals surface area contributed by atoms with E-state index in [4.69, 9.17) is 4.74 Å². The van der Waals surface area contributed by atoms with Crippen LogP contribution in [0, 0.1) is 11.6 Å². The zero-order chi connectivity index (χ0) is 29.5. The van der Waals surface area contributed by atoms with Crippen LogP contribution in [0.4, 0.5) is 8.78 Å². The Labute approximate surface area is 242 Å². The first-order chi connectivity index (χ1) is 20.3. The Hall–Kier alpha value is -4.57. The molecule has 1 aromatic heterocycles. The van der Waals surface area contributed by atoms with E-state index in [0.717, 1.165) is 30.0 Å². The van der Waals surface area contributed by atoms with Crippen molar-refractivity contribution in [3.8, 4) is 5.75 Å². The number of rotatable bonds is 12. The standard InChI is InChI=1S/C32H29F2N3O4S/c33-29-14-13-28(21-30(29)34)42(39,40)36-32(38)15-10-24-9-12-27(22-37-17-4-16-35-37)31(20-24)41-18-3-5-23-8-11-25-6-1-2-7-26(25)19-23/h1-2,4,6-9,11-14,16-17,19-21H,3,5,10,15,18,22H2,(H,36,38). The minimum absolute atomic E-state index is 0.136. The molecular formula is C32H29F2N3O4S. The van der Waals surface area contributed by atoms with Crippen LogP contribution in [0.25, 0.3) is 10.8 Å². The largest absolute Gasteiger partial charge is 0.493 e. The molecule has 42 heavy (non-hydrogen) atoms. The lowest BCUT2D eigenvalue weighted by molar-refractivity contribution is -0.119. The van der Waals surface area contributed by atoms with Crippen molar-refractivity contribution in [2.75, 3.05) is 6.61 Å². The number of amides is 1. The number of nitrogens with zero attached hydrogens (tertiary/aromatic N) is 2. The molecule has 0 fully saturated rings. The summed E-state index contributed by atoms with van der Waals surface area (Å²) < 4.78 is 61.4. The first-order valence-electron chi connectivity index (χ1n) is 13.5. The summed E-state index contributed by atoms with van der Waals surface area (Å²) in [6, 6.07) is 24.3. The fourth-order valence-corrected chi connectivity index (χ4v) is 5.63. The molecule has 0 saturated carbocycles. The van der Waals surface area contributed by atoms with Crippen LogP contribution in [0.15, 0.2) is 102 Å². The monoisotopic (exact) mass is 589 g/mol. The summed E-state index contributed by atoms with van der Waals surface area (Å²) in [7, 11) is -4.34. The molecule has 5 aromatic rings. The van der Waals surface area contributed by atoms with Gasteiger partial charge in [-0.05, 0) is 71.5 Å². The van der Waals surface area contributed by atoms with Crippen LogP contribution < -0.4 is 9.46 Å². The molecule has 7 nitrogen and oxygen atoms in total. The summed E-state index contributed by atoms with van der Waals surface area (Å²) >= 11 is 0. The van der Waals surface area contributed by atoms with E-state index in [1.165, 1.54) is 16.3 Å². The molecule has 0 bridgehead atoms. The molecule has 0 saturated heterocycles. The molecule has 10 heteroatoms. The number of aryl methyl sites for hydroxylation is 2. The van der Waals surface area contributed by atoms with Gasteiger partial charge >= 0.3 is 0 Å². The van der Waals surface area contributed by atoms with E-state index in [9.17, 15) is 22.0 Å². The van der Waals surface area contributed by atoms with E-state index < -0.39 is 32.5 Å². The third-order valence-corrected chi connectivity index (χ3v) is 8.17. The zero-order valence-corrected chi connectivity index (χ0v) is 23.5. The molecule has 0 radical (unpaired) electrons. The molecule has 0 spiro atoms. The number of halogens is 2. The number of aromatic nitrogens is 2. The van der Waals surface area contributed by atoms with Gasteiger partial charge in [-0.3, -0.25) is 9.48 Å². The highest BCUT2D eigenvalue weighted by Crippen LogP contribution is 2.24. The number of hydrogen-bond donors (Lipinski definition) is 1. The molecule has 0 unspecified atom stereocenters. The van der Waals surface area contributed by atoms with Crippen molar-refractivity contribution in [2.45, 2.75) is 37.1 Å². The minimum atomic E-state index is -4.34. The van der Waals surface area contributed by atoms with Crippen LogP contribution in [0.3, 0.4) is 0 Å². The lowest BCUT2D eigenvalue weighted by Gasteiger charge is -2.14. The summed E-state index contributed by atoms with van der Waals surface area (Å²) in [4.78, 5) is 11.9. The first-order valence-corrected chi connectivity index (χ1v) is 15.0. The second kappa shape index (κ2) is 12.9. The summed E-state index contributed by atoms with van der Waals surface area (Å²) in [5.74, 6) is -2.59. The van der Waals surface area contributed by atoms with E-state index in [0.29, 0.717) is 31.0 Å². The van der Waals surface area contributed by atoms with Crippen LogP contribution in [0.2, 0.25) is 0 Å². The van der Waals surface area contributed by atoms with E-state index in [2.05, 4.69) is 35.4 Å². The maximum atomic E-state index is 13.5. The Bertz CT molecular complexity index is 1810. The van der Waals surface area contributed by atoms with Crippen molar-refractivity contribution in [2.24, 2.45) is 0 Å². The molecular weight excluding hydrogens is 560 g/mol. The van der Waals surface area contributed by atoms with Crippen LogP contribution in [-0.4, -0.2) is 30.7 Å². The average molecular weight is 590 g/mol. The van der Waals surface area contributed by atoms with Gasteiger partial charge in [0, 0.05) is 24.4 Å². The summed E-state index contributed by atoms with van der Waals surface area (Å²) in [6.45, 7) is 0.982. The Morgan fingerprint density at radius 3 is 2.43 bits per heavy atom. The third-order valence-electron chi connectivity index (χ3n) is 6.79. The number of ether oxygens (including phenoxy) is 1. The second-order valence-corrected chi connectivity index (χ2v) is 11.6. The van der Waals surface area contributed by atoms with E-state index in [1.807, 2.05) is 47.3 Å². The molecule has 0 aliphatic rings. The van der Waals surface area contributed by atoms with Crippen molar-refractivity contribution in [3.05, 3.63) is 126 Å². The van der Waals surface area contributed by atoms with E-state index >= 15 is 0 Å². The topological polar surface area (TPSA) is 90.3 Å². The number of hydrogen-bond acceptors (Lipinski definition) is 5. The van der Waals surface area contributed by atoms with Crippen LogP contribution in [0.1, 0.15) is 29.5 Å². The SMILES string of the molecule is O=C(CCc1ccc(Cn2cccn2)c(OCCCc2ccc3ccccc3c2)c1)NS(=O)(=O)c1ccc(F)c(F)c1. The van der Waals surface area contributed by atoms with Gasteiger partial charge < -0.3 is 4.74 Å². The normalized spacial score (nSPS) is 11.5. The molecule has 1 N–H and O–H groups in total. The van der Waals surface area contributed by atoms with Gasteiger partial charge in [-0.25, -0.2) is 21.9 Å². The van der Waals surface area contributed by atoms with Crippen LogP contribution in [-0.2, 0) is 34.2 Å². The number of carbonyl (C=O) groups excluding carboxylic acids is 1. The highest BCUT2D eigenvalue weighted by Gasteiger charge is 2.19. The fourth-order valence-electron chi connectivity index (χ4n) is 4.60. The maximum absolute atomic E-state index is 13.5. The molecule has 1 heterocycles. The van der Waals surface area contributed by atoms with Gasteiger partial charge in [0.1, 0.15) is 5.75 Å². The second-order valence-electron chi connectivity index (χ2n) is 9.88. The van der Waals surface area contributed by atoms with E-state index in [-0.39, 0.29) is 12.8 Å². The molecule has 0 aliphatic carbocycles. The van der Waals surface area contributed by atoms with Gasteiger partial charge in [-0.2, -0.15) is 5.10 Å². The Balaban J connectivity index is 1.21. The predicted octanol–water partition coefficient (Wildman–Crippen LogP) is 5.81. The lowest BCUT2D eigenvalue weighted by atomic mass is 10.0. The quantitative estimate of drug-likeness (QED) is 0.186.